The first-order chi connectivity index (χ1) is 8.24. The number of hydrogen-bond donors (Lipinski definition) is 1. The highest BCUT2D eigenvalue weighted by atomic mass is 19.0. The Morgan fingerprint density at radius 1 is 0.500 bits per heavy atom. The zero-order valence-electron chi connectivity index (χ0n) is 14.7. The Hall–Kier alpha value is -0.220. The summed E-state index contributed by atoms with van der Waals surface area (Å²) in [5.41, 5.74) is 0. The molecule has 0 saturated carbocycles. The Labute approximate surface area is 126 Å². The van der Waals surface area contributed by atoms with Crippen molar-refractivity contribution in [3.8, 4) is 0 Å². The van der Waals surface area contributed by atoms with E-state index in [4.69, 9.17) is 0 Å². The van der Waals surface area contributed by atoms with Gasteiger partial charge in [-0.15, -0.1) is 0 Å². The van der Waals surface area contributed by atoms with Crippen LogP contribution in [0.4, 0.5) is 0 Å². The Morgan fingerprint density at radius 2 is 0.700 bits per heavy atom. The molecule has 0 amide bonds. The minimum absolute atomic E-state index is 0. The van der Waals surface area contributed by atoms with Crippen LogP contribution in [0.1, 0.15) is 79.1 Å². The van der Waals surface area contributed by atoms with Crippen LogP contribution in [0.15, 0.2) is 0 Å². The van der Waals surface area contributed by atoms with Gasteiger partial charge in [0.15, 0.2) is 0 Å². The molecule has 128 valence electrons. The van der Waals surface area contributed by atoms with Crippen molar-refractivity contribution in [2.75, 3.05) is 26.2 Å². The monoisotopic (exact) mass is 298 g/mol. The molecule has 4 N–H and O–H groups in total. The van der Waals surface area contributed by atoms with Crippen molar-refractivity contribution in [1.29, 1.82) is 0 Å². The molecule has 0 aromatic heterocycles. The third-order valence-corrected chi connectivity index (χ3v) is 3.94. The summed E-state index contributed by atoms with van der Waals surface area (Å²) in [5.74, 6) is 0. The molecule has 0 spiro atoms. The second-order valence-electron chi connectivity index (χ2n) is 5.65. The van der Waals surface area contributed by atoms with Gasteiger partial charge in [-0.25, -0.2) is 0 Å². The number of hydrogen-bond acceptors (Lipinski definition) is 0. The first-order valence-electron chi connectivity index (χ1n) is 8.09. The van der Waals surface area contributed by atoms with Gasteiger partial charge in [0.25, 0.3) is 0 Å². The summed E-state index contributed by atoms with van der Waals surface area (Å²) in [4.78, 5) is 0. The SMILES string of the molecule is CCCC[N+](CCCC)(CCCC)CCCC.[F-].[F-].[NH4+]. The summed E-state index contributed by atoms with van der Waals surface area (Å²) in [7, 11) is 0. The molecule has 0 saturated heterocycles. The maximum absolute atomic E-state index is 2.33. The Kier molecular flexibility index (Phi) is 26.3. The van der Waals surface area contributed by atoms with Crippen molar-refractivity contribution >= 4 is 0 Å². The van der Waals surface area contributed by atoms with Crippen molar-refractivity contribution in [2.45, 2.75) is 79.1 Å². The van der Waals surface area contributed by atoms with E-state index in [1.807, 2.05) is 0 Å². The van der Waals surface area contributed by atoms with Crippen LogP contribution in [-0.4, -0.2) is 30.7 Å². The smallest absolute Gasteiger partial charge is 0.0786 e. The number of rotatable bonds is 12. The van der Waals surface area contributed by atoms with Crippen LogP contribution in [0.5, 0.6) is 0 Å². The summed E-state index contributed by atoms with van der Waals surface area (Å²) < 4.78 is 1.42. The van der Waals surface area contributed by atoms with Gasteiger partial charge in [0.1, 0.15) is 0 Å². The van der Waals surface area contributed by atoms with Crippen molar-refractivity contribution in [3.63, 3.8) is 0 Å². The molecule has 0 aliphatic rings. The zero-order chi connectivity index (χ0) is 13.0. The molecule has 0 fully saturated rings. The minimum atomic E-state index is 0. The lowest BCUT2D eigenvalue weighted by Crippen LogP contribution is -3.00. The van der Waals surface area contributed by atoms with Gasteiger partial charge in [0, 0.05) is 0 Å². The van der Waals surface area contributed by atoms with Gasteiger partial charge >= 0.3 is 0 Å². The molecule has 0 heterocycles. The van der Waals surface area contributed by atoms with Crippen LogP contribution in [0.25, 0.3) is 0 Å². The highest BCUT2D eigenvalue weighted by Crippen LogP contribution is 2.16. The number of nitrogens with zero attached hydrogens (tertiary/aromatic N) is 1. The molecule has 0 rings (SSSR count). The maximum Gasteiger partial charge on any atom is 0.0786 e. The average molecular weight is 299 g/mol. The molecule has 2 nitrogen and oxygen atoms in total. The van der Waals surface area contributed by atoms with E-state index < -0.39 is 0 Å². The lowest BCUT2D eigenvalue weighted by atomic mass is 10.1. The van der Waals surface area contributed by atoms with Crippen LogP contribution < -0.4 is 15.6 Å². The third-order valence-electron chi connectivity index (χ3n) is 3.94. The van der Waals surface area contributed by atoms with Crippen LogP contribution in [0, 0.1) is 0 Å². The molecule has 4 heteroatoms. The molecule has 0 atom stereocenters. The molecule has 0 unspecified atom stereocenters. The predicted octanol–water partition coefficient (Wildman–Crippen LogP) is -0.612. The lowest BCUT2D eigenvalue weighted by molar-refractivity contribution is -0.929. The van der Waals surface area contributed by atoms with E-state index in [0.29, 0.717) is 0 Å². The molecule has 0 aliphatic carbocycles. The van der Waals surface area contributed by atoms with Crippen molar-refractivity contribution < 1.29 is 13.9 Å². The maximum atomic E-state index is 2.33. The van der Waals surface area contributed by atoms with E-state index in [9.17, 15) is 0 Å². The van der Waals surface area contributed by atoms with Gasteiger partial charge in [-0.3, -0.25) is 0 Å². The molecular formula is C16H40F2N2. The van der Waals surface area contributed by atoms with Gasteiger partial charge in [-0.2, -0.15) is 0 Å². The zero-order valence-corrected chi connectivity index (χ0v) is 14.7. The third kappa shape index (κ3) is 12.8. The van der Waals surface area contributed by atoms with Gasteiger partial charge in [-0.05, 0) is 25.7 Å². The van der Waals surface area contributed by atoms with Gasteiger partial charge in [0.2, 0.25) is 0 Å². The average Bonchev–Trinajstić information content (AvgIpc) is 2.37. The van der Waals surface area contributed by atoms with Crippen molar-refractivity contribution in [1.82, 2.24) is 6.15 Å². The first kappa shape index (κ1) is 28.0. The fourth-order valence-corrected chi connectivity index (χ4v) is 2.64. The Morgan fingerprint density at radius 3 is 0.850 bits per heavy atom. The minimum Gasteiger partial charge on any atom is -1.00 e. The molecule has 0 aromatic carbocycles. The fraction of sp³-hybridized carbons (Fsp3) is 1.00. The molecule has 0 aromatic rings. The number of quaternary nitrogens is 2. The van der Waals surface area contributed by atoms with Crippen LogP contribution in [0.3, 0.4) is 0 Å². The molecular weight excluding hydrogens is 258 g/mol. The van der Waals surface area contributed by atoms with Crippen LogP contribution in [0.2, 0.25) is 0 Å². The quantitative estimate of drug-likeness (QED) is 0.467. The summed E-state index contributed by atoms with van der Waals surface area (Å²) in [5, 5.41) is 0. The second kappa shape index (κ2) is 18.8. The van der Waals surface area contributed by atoms with E-state index in [1.165, 1.54) is 82.0 Å². The largest absolute Gasteiger partial charge is 1.00 e. The summed E-state index contributed by atoms with van der Waals surface area (Å²) in [6.45, 7) is 15.0. The molecule has 20 heavy (non-hydrogen) atoms. The normalized spacial score (nSPS) is 10.2. The van der Waals surface area contributed by atoms with E-state index >= 15 is 0 Å². The highest BCUT2D eigenvalue weighted by Gasteiger charge is 2.24. The van der Waals surface area contributed by atoms with E-state index in [1.54, 1.807) is 0 Å². The van der Waals surface area contributed by atoms with Crippen molar-refractivity contribution in [3.05, 3.63) is 0 Å². The molecule has 0 radical (unpaired) electrons. The van der Waals surface area contributed by atoms with E-state index in [2.05, 4.69) is 27.7 Å². The Bertz CT molecular complexity index is 129. The van der Waals surface area contributed by atoms with Gasteiger partial charge in [0.05, 0.1) is 26.2 Å². The van der Waals surface area contributed by atoms with Crippen molar-refractivity contribution in [2.24, 2.45) is 0 Å². The summed E-state index contributed by atoms with van der Waals surface area (Å²) >= 11 is 0. The summed E-state index contributed by atoms with van der Waals surface area (Å²) in [6.07, 6.45) is 11.1. The summed E-state index contributed by atoms with van der Waals surface area (Å²) in [6, 6.07) is 0. The van der Waals surface area contributed by atoms with E-state index in [0.717, 1.165) is 0 Å². The molecule has 0 bridgehead atoms. The second-order valence-corrected chi connectivity index (χ2v) is 5.65. The number of halogens is 2. The highest BCUT2D eigenvalue weighted by molar-refractivity contribution is 4.49. The van der Waals surface area contributed by atoms with Gasteiger partial charge in [-0.1, -0.05) is 53.4 Å². The van der Waals surface area contributed by atoms with Crippen LogP contribution >= 0.6 is 0 Å². The molecule has 0 aliphatic heterocycles. The van der Waals surface area contributed by atoms with Crippen LogP contribution in [-0.2, 0) is 0 Å². The Balaban J connectivity index is -0.000000427. The first-order valence-corrected chi connectivity index (χ1v) is 8.09. The van der Waals surface area contributed by atoms with Gasteiger partial charge < -0.3 is 20.0 Å². The number of unbranched alkanes of at least 4 members (excludes halogenated alkanes) is 4. The van der Waals surface area contributed by atoms with E-state index in [-0.39, 0.29) is 15.6 Å². The standard InChI is InChI=1S/C16H36N.2FH.H3N/c1-5-9-13-17(14-10-6-2,15-11-7-3)16-12-8-4;;;/h5-16H2,1-4H3;2*1H;1H3/q+1;;;/p-1. The predicted molar refractivity (Wildman–Crippen MR) is 85.3 cm³/mol. The topological polar surface area (TPSA) is 36.5 Å². The fourth-order valence-electron chi connectivity index (χ4n) is 2.64. The lowest BCUT2D eigenvalue weighted by Gasteiger charge is -2.39.